The Morgan fingerprint density at radius 3 is 2.23 bits per heavy atom. The first kappa shape index (κ1) is 10.2. The maximum Gasteiger partial charge on any atom is 0.211 e. The highest BCUT2D eigenvalue weighted by atomic mass is 16.7. The summed E-state index contributed by atoms with van der Waals surface area (Å²) in [4.78, 5) is 11.3. The molecule has 72 valence electrons. The van der Waals surface area contributed by atoms with Crippen LogP contribution in [0.3, 0.4) is 0 Å². The number of ketones is 1. The number of carbonyl (C=O) groups is 1. The van der Waals surface area contributed by atoms with Gasteiger partial charge in [0.1, 0.15) is 0 Å². The molecule has 0 bridgehead atoms. The molecule has 0 spiro atoms. The van der Waals surface area contributed by atoms with Gasteiger partial charge in [-0.1, -0.05) is 0 Å². The molecule has 3 heteroatoms. The molecule has 3 nitrogen and oxygen atoms in total. The second-order valence-corrected chi connectivity index (χ2v) is 3.02. The third-order valence-electron chi connectivity index (χ3n) is 2.52. The number of hydrogen-bond acceptors (Lipinski definition) is 3. The molecule has 0 aromatic carbocycles. The quantitative estimate of drug-likeness (QED) is 0.606. The van der Waals surface area contributed by atoms with Gasteiger partial charge in [0.05, 0.1) is 0 Å². The van der Waals surface area contributed by atoms with E-state index in [9.17, 15) is 4.79 Å². The number of hydrogen-bond donors (Lipinski definition) is 0. The molecule has 0 aromatic rings. The first-order chi connectivity index (χ1) is 6.07. The molecule has 0 saturated heterocycles. The van der Waals surface area contributed by atoms with E-state index in [0.717, 1.165) is 5.57 Å². The van der Waals surface area contributed by atoms with Gasteiger partial charge in [-0.3, -0.25) is 4.79 Å². The molecular weight excluding hydrogens is 168 g/mol. The summed E-state index contributed by atoms with van der Waals surface area (Å²) in [5.41, 5.74) is 1.50. The number of ether oxygens (including phenoxy) is 2. The lowest BCUT2D eigenvalue weighted by atomic mass is 9.93. The van der Waals surface area contributed by atoms with Crippen molar-refractivity contribution in [2.45, 2.75) is 19.6 Å². The highest BCUT2D eigenvalue weighted by Gasteiger charge is 2.34. The van der Waals surface area contributed by atoms with E-state index in [-0.39, 0.29) is 5.78 Å². The maximum atomic E-state index is 11.3. The van der Waals surface area contributed by atoms with Gasteiger partial charge in [0.15, 0.2) is 5.78 Å². The Hall–Kier alpha value is -0.930. The molecule has 13 heavy (non-hydrogen) atoms. The van der Waals surface area contributed by atoms with E-state index >= 15 is 0 Å². The standard InChI is InChI=1S/C10H14O3/c1-7-8(2)10(12-3,13-4)6-5-9(7)11/h5-6H,1-4H3. The Bertz CT molecular complexity index is 283. The largest absolute Gasteiger partial charge is 0.346 e. The SMILES string of the molecule is COC1(OC)C=CC(=O)C(C)=C1C. The van der Waals surface area contributed by atoms with Crippen LogP contribution in [-0.4, -0.2) is 25.8 Å². The van der Waals surface area contributed by atoms with Crippen LogP contribution in [0.2, 0.25) is 0 Å². The molecule has 0 unspecified atom stereocenters. The first-order valence-corrected chi connectivity index (χ1v) is 4.09. The Kier molecular flexibility index (Phi) is 2.68. The van der Waals surface area contributed by atoms with E-state index < -0.39 is 5.79 Å². The summed E-state index contributed by atoms with van der Waals surface area (Å²) >= 11 is 0. The van der Waals surface area contributed by atoms with Crippen molar-refractivity contribution in [3.63, 3.8) is 0 Å². The molecule has 1 aliphatic rings. The van der Waals surface area contributed by atoms with Crippen molar-refractivity contribution < 1.29 is 14.3 Å². The van der Waals surface area contributed by atoms with Gasteiger partial charge >= 0.3 is 0 Å². The fraction of sp³-hybridized carbons (Fsp3) is 0.500. The van der Waals surface area contributed by atoms with Crippen LogP contribution in [-0.2, 0) is 14.3 Å². The van der Waals surface area contributed by atoms with Crippen molar-refractivity contribution in [2.24, 2.45) is 0 Å². The van der Waals surface area contributed by atoms with Crippen LogP contribution in [0, 0.1) is 0 Å². The third-order valence-corrected chi connectivity index (χ3v) is 2.52. The maximum absolute atomic E-state index is 11.3. The average molecular weight is 182 g/mol. The molecule has 0 fully saturated rings. The van der Waals surface area contributed by atoms with Crippen molar-refractivity contribution in [2.75, 3.05) is 14.2 Å². The van der Waals surface area contributed by atoms with Crippen LogP contribution in [0.4, 0.5) is 0 Å². The minimum Gasteiger partial charge on any atom is -0.346 e. The molecule has 0 aliphatic heterocycles. The van der Waals surface area contributed by atoms with Gasteiger partial charge in [-0.15, -0.1) is 0 Å². The summed E-state index contributed by atoms with van der Waals surface area (Å²) in [5, 5.41) is 0. The molecule has 0 atom stereocenters. The summed E-state index contributed by atoms with van der Waals surface area (Å²) < 4.78 is 10.5. The van der Waals surface area contributed by atoms with E-state index in [2.05, 4.69) is 0 Å². The third kappa shape index (κ3) is 1.45. The zero-order valence-electron chi connectivity index (χ0n) is 8.38. The van der Waals surface area contributed by atoms with Gasteiger partial charge in [-0.05, 0) is 31.6 Å². The Balaban J connectivity index is 3.16. The molecule has 0 amide bonds. The number of carbonyl (C=O) groups excluding carboxylic acids is 1. The summed E-state index contributed by atoms with van der Waals surface area (Å²) in [5.74, 6) is -0.833. The molecule has 1 rings (SSSR count). The Morgan fingerprint density at radius 2 is 1.77 bits per heavy atom. The molecule has 0 heterocycles. The van der Waals surface area contributed by atoms with Crippen molar-refractivity contribution in [3.8, 4) is 0 Å². The van der Waals surface area contributed by atoms with Crippen molar-refractivity contribution >= 4 is 5.78 Å². The summed E-state index contributed by atoms with van der Waals surface area (Å²) in [6.45, 7) is 3.61. The summed E-state index contributed by atoms with van der Waals surface area (Å²) in [6, 6.07) is 0. The normalized spacial score (nSPS) is 21.1. The summed E-state index contributed by atoms with van der Waals surface area (Å²) in [7, 11) is 3.11. The lowest BCUT2D eigenvalue weighted by Crippen LogP contribution is -2.36. The zero-order chi connectivity index (χ0) is 10.1. The Labute approximate surface area is 78.0 Å². The molecule has 0 saturated carbocycles. The number of rotatable bonds is 2. The monoisotopic (exact) mass is 182 g/mol. The Morgan fingerprint density at radius 1 is 1.23 bits per heavy atom. The van der Waals surface area contributed by atoms with E-state index in [0.29, 0.717) is 5.57 Å². The fourth-order valence-corrected chi connectivity index (χ4v) is 1.41. The number of methoxy groups -OCH3 is 2. The highest BCUT2D eigenvalue weighted by Crippen LogP contribution is 2.30. The zero-order valence-corrected chi connectivity index (χ0v) is 8.38. The van der Waals surface area contributed by atoms with Crippen LogP contribution >= 0.6 is 0 Å². The minimum absolute atomic E-state index is 0.0159. The van der Waals surface area contributed by atoms with Crippen LogP contribution in [0.1, 0.15) is 13.8 Å². The van der Waals surface area contributed by atoms with Crippen LogP contribution in [0.25, 0.3) is 0 Å². The van der Waals surface area contributed by atoms with E-state index in [1.54, 1.807) is 27.2 Å². The van der Waals surface area contributed by atoms with Crippen LogP contribution in [0.5, 0.6) is 0 Å². The van der Waals surface area contributed by atoms with Gasteiger partial charge in [0, 0.05) is 19.8 Å². The molecule has 0 N–H and O–H groups in total. The van der Waals surface area contributed by atoms with Crippen LogP contribution < -0.4 is 0 Å². The van der Waals surface area contributed by atoms with E-state index in [4.69, 9.17) is 9.47 Å². The smallest absolute Gasteiger partial charge is 0.211 e. The lowest BCUT2D eigenvalue weighted by Gasteiger charge is -2.31. The summed E-state index contributed by atoms with van der Waals surface area (Å²) in [6.07, 6.45) is 3.12. The second kappa shape index (κ2) is 3.44. The first-order valence-electron chi connectivity index (χ1n) is 4.09. The van der Waals surface area contributed by atoms with E-state index in [1.807, 2.05) is 6.92 Å². The van der Waals surface area contributed by atoms with Gasteiger partial charge in [0.2, 0.25) is 5.79 Å². The molecule has 1 aliphatic carbocycles. The van der Waals surface area contributed by atoms with Gasteiger partial charge < -0.3 is 9.47 Å². The predicted molar refractivity (Wildman–Crippen MR) is 49.3 cm³/mol. The predicted octanol–water partition coefficient (Wildman–Crippen LogP) is 1.45. The molecule has 0 aromatic heterocycles. The number of allylic oxidation sites excluding steroid dienone is 2. The van der Waals surface area contributed by atoms with Crippen molar-refractivity contribution in [3.05, 3.63) is 23.3 Å². The molecular formula is C10H14O3. The minimum atomic E-state index is -0.849. The molecule has 0 radical (unpaired) electrons. The van der Waals surface area contributed by atoms with E-state index in [1.165, 1.54) is 6.08 Å². The highest BCUT2D eigenvalue weighted by molar-refractivity contribution is 6.05. The lowest BCUT2D eigenvalue weighted by molar-refractivity contribution is -0.145. The van der Waals surface area contributed by atoms with Gasteiger partial charge in [-0.2, -0.15) is 0 Å². The van der Waals surface area contributed by atoms with Gasteiger partial charge in [-0.25, -0.2) is 0 Å². The van der Waals surface area contributed by atoms with Crippen molar-refractivity contribution in [1.82, 2.24) is 0 Å². The average Bonchev–Trinajstić information content (AvgIpc) is 2.16. The fourth-order valence-electron chi connectivity index (χ4n) is 1.41. The van der Waals surface area contributed by atoms with Crippen molar-refractivity contribution in [1.29, 1.82) is 0 Å². The topological polar surface area (TPSA) is 35.5 Å². The second-order valence-electron chi connectivity index (χ2n) is 3.02. The van der Waals surface area contributed by atoms with Crippen LogP contribution in [0.15, 0.2) is 23.3 Å². The van der Waals surface area contributed by atoms with Gasteiger partial charge in [0.25, 0.3) is 0 Å².